The molecular formula is C19H16FN3O3. The molecule has 0 unspecified atom stereocenters. The smallest absolute Gasteiger partial charge is 0.270 e. The van der Waals surface area contributed by atoms with Crippen LogP contribution in [0.1, 0.15) is 11.1 Å². The third-order valence-corrected chi connectivity index (χ3v) is 4.01. The number of halogens is 1. The Labute approximate surface area is 149 Å². The first-order chi connectivity index (χ1) is 12.4. The van der Waals surface area contributed by atoms with Crippen LogP contribution in [0, 0.1) is 15.9 Å². The lowest BCUT2D eigenvalue weighted by Crippen LogP contribution is -2.34. The van der Waals surface area contributed by atoms with Gasteiger partial charge in [0.05, 0.1) is 4.92 Å². The number of carbonyl (C=O) groups excluding carboxylic acids is 1. The number of likely N-dealkylation sites (N-methyl/N-ethyl adjacent to an activating group) is 1. The summed E-state index contributed by atoms with van der Waals surface area (Å²) in [5, 5.41) is 10.9. The van der Waals surface area contributed by atoms with Crippen LogP contribution in [0.2, 0.25) is 0 Å². The second kappa shape index (κ2) is 7.37. The topological polar surface area (TPSA) is 76.3 Å². The van der Waals surface area contributed by atoms with Gasteiger partial charge in [-0.1, -0.05) is 6.07 Å². The lowest BCUT2D eigenvalue weighted by Gasteiger charge is -2.26. The molecule has 6 nitrogen and oxygen atoms in total. The van der Waals surface area contributed by atoms with Crippen LogP contribution in [0.15, 0.2) is 53.9 Å². The molecule has 0 amide bonds. The minimum absolute atomic E-state index is 0.0265. The number of rotatable bonds is 3. The van der Waals surface area contributed by atoms with Gasteiger partial charge in [0.15, 0.2) is 5.78 Å². The number of aromatic nitrogens is 1. The van der Waals surface area contributed by atoms with Crippen LogP contribution in [-0.2, 0) is 4.79 Å². The van der Waals surface area contributed by atoms with Crippen LogP contribution in [0.4, 0.5) is 10.1 Å². The lowest BCUT2D eigenvalue weighted by atomic mass is 9.94. The summed E-state index contributed by atoms with van der Waals surface area (Å²) in [7, 11) is 1.85. The highest BCUT2D eigenvalue weighted by Gasteiger charge is 2.24. The zero-order chi connectivity index (χ0) is 18.7. The van der Waals surface area contributed by atoms with Crippen molar-refractivity contribution in [1.29, 1.82) is 0 Å². The number of hydrogen-bond donors (Lipinski definition) is 0. The molecule has 132 valence electrons. The van der Waals surface area contributed by atoms with E-state index in [0.717, 1.165) is 23.8 Å². The van der Waals surface area contributed by atoms with Gasteiger partial charge < -0.3 is 0 Å². The monoisotopic (exact) mass is 353 g/mol. The van der Waals surface area contributed by atoms with Crippen molar-refractivity contribution in [2.24, 2.45) is 0 Å². The van der Waals surface area contributed by atoms with Crippen molar-refractivity contribution in [3.8, 4) is 0 Å². The third kappa shape index (κ3) is 3.89. The maximum Gasteiger partial charge on any atom is 0.270 e. The molecule has 26 heavy (non-hydrogen) atoms. The summed E-state index contributed by atoms with van der Waals surface area (Å²) < 4.78 is 14.0. The molecule has 0 spiro atoms. The molecule has 1 aliphatic heterocycles. The Hall–Kier alpha value is -3.19. The number of nitro groups is 1. The van der Waals surface area contributed by atoms with E-state index >= 15 is 0 Å². The Balaban J connectivity index is 1.98. The molecule has 0 saturated carbocycles. The number of pyridine rings is 1. The summed E-state index contributed by atoms with van der Waals surface area (Å²) in [6.07, 6.45) is 6.44. The largest absolute Gasteiger partial charge is 0.298 e. The van der Waals surface area contributed by atoms with E-state index in [1.54, 1.807) is 24.5 Å². The van der Waals surface area contributed by atoms with E-state index in [1.165, 1.54) is 6.08 Å². The molecule has 7 heteroatoms. The number of Topliss-reactive ketones (excluding diaryl/α,β-unsaturated/α-hetero) is 1. The zero-order valence-corrected chi connectivity index (χ0v) is 14.1. The van der Waals surface area contributed by atoms with Crippen LogP contribution in [0.3, 0.4) is 0 Å². The molecule has 0 atom stereocenters. The van der Waals surface area contributed by atoms with Gasteiger partial charge in [0, 0.05) is 54.3 Å². The number of nitrogens with zero attached hydrogens (tertiary/aromatic N) is 3. The van der Waals surface area contributed by atoms with E-state index < -0.39 is 10.7 Å². The summed E-state index contributed by atoms with van der Waals surface area (Å²) in [5.41, 5.74) is 1.55. The SMILES string of the molecule is CN1C/C(=C\c2cccnc2)C(=O)/C(=C/c2cc([N+](=O)[O-])ccc2F)C1. The Kier molecular flexibility index (Phi) is 4.99. The highest BCUT2D eigenvalue weighted by atomic mass is 19.1. The zero-order valence-electron chi connectivity index (χ0n) is 14.1. The number of benzene rings is 1. The van der Waals surface area contributed by atoms with Gasteiger partial charge in [-0.3, -0.25) is 24.8 Å². The number of likely N-dealkylation sites (tertiary alicyclic amines) is 1. The summed E-state index contributed by atoms with van der Waals surface area (Å²) in [6, 6.07) is 6.88. The summed E-state index contributed by atoms with van der Waals surface area (Å²) in [6.45, 7) is 0.799. The average Bonchev–Trinajstić information content (AvgIpc) is 2.61. The average molecular weight is 353 g/mol. The van der Waals surface area contributed by atoms with Crippen molar-refractivity contribution in [3.63, 3.8) is 0 Å². The molecule has 0 aliphatic carbocycles. The van der Waals surface area contributed by atoms with E-state index in [1.807, 2.05) is 18.0 Å². The molecule has 1 saturated heterocycles. The van der Waals surface area contributed by atoms with Gasteiger partial charge in [-0.05, 0) is 36.9 Å². The van der Waals surface area contributed by atoms with E-state index in [0.29, 0.717) is 24.2 Å². The molecule has 1 aliphatic rings. The van der Waals surface area contributed by atoms with Crippen LogP contribution in [0.5, 0.6) is 0 Å². The van der Waals surface area contributed by atoms with Crippen LogP contribution < -0.4 is 0 Å². The number of hydrogen-bond acceptors (Lipinski definition) is 5. The number of piperidine rings is 1. The lowest BCUT2D eigenvalue weighted by molar-refractivity contribution is -0.384. The quantitative estimate of drug-likeness (QED) is 0.481. The molecule has 1 aromatic carbocycles. The number of carbonyl (C=O) groups is 1. The van der Waals surface area contributed by atoms with Gasteiger partial charge in [-0.25, -0.2) is 4.39 Å². The second-order valence-corrected chi connectivity index (χ2v) is 6.09. The molecular weight excluding hydrogens is 337 g/mol. The first-order valence-electron chi connectivity index (χ1n) is 7.92. The predicted molar refractivity (Wildman–Crippen MR) is 95.7 cm³/mol. The molecule has 0 bridgehead atoms. The van der Waals surface area contributed by atoms with Crippen molar-refractivity contribution in [2.45, 2.75) is 0 Å². The van der Waals surface area contributed by atoms with Crippen LogP contribution in [0.25, 0.3) is 12.2 Å². The maximum absolute atomic E-state index is 14.0. The van der Waals surface area contributed by atoms with Crippen molar-refractivity contribution in [2.75, 3.05) is 20.1 Å². The first-order valence-corrected chi connectivity index (χ1v) is 7.92. The fourth-order valence-electron chi connectivity index (χ4n) is 2.82. The molecule has 1 fully saturated rings. The van der Waals surface area contributed by atoms with E-state index in [4.69, 9.17) is 0 Å². The highest BCUT2D eigenvalue weighted by molar-refractivity contribution is 6.14. The number of ketones is 1. The van der Waals surface area contributed by atoms with E-state index in [2.05, 4.69) is 4.98 Å². The van der Waals surface area contributed by atoms with Gasteiger partial charge in [0.2, 0.25) is 0 Å². The Morgan fingerprint density at radius 3 is 2.62 bits per heavy atom. The van der Waals surface area contributed by atoms with Crippen molar-refractivity contribution in [1.82, 2.24) is 9.88 Å². The van der Waals surface area contributed by atoms with Crippen LogP contribution >= 0.6 is 0 Å². The fraction of sp³-hybridized carbons (Fsp3) is 0.158. The molecule has 2 aromatic rings. The summed E-state index contributed by atoms with van der Waals surface area (Å²) in [4.78, 5) is 29.0. The maximum atomic E-state index is 14.0. The highest BCUT2D eigenvalue weighted by Crippen LogP contribution is 2.24. The first kappa shape index (κ1) is 17.6. The van der Waals surface area contributed by atoms with Gasteiger partial charge in [-0.2, -0.15) is 0 Å². The van der Waals surface area contributed by atoms with E-state index in [9.17, 15) is 19.3 Å². The predicted octanol–water partition coefficient (Wildman–Crippen LogP) is 3.11. The van der Waals surface area contributed by atoms with Crippen LogP contribution in [-0.4, -0.2) is 40.7 Å². The Bertz CT molecular complexity index is 923. The minimum Gasteiger partial charge on any atom is -0.298 e. The van der Waals surface area contributed by atoms with E-state index in [-0.39, 0.29) is 17.0 Å². The fourth-order valence-corrected chi connectivity index (χ4v) is 2.82. The van der Waals surface area contributed by atoms with Gasteiger partial charge >= 0.3 is 0 Å². The Morgan fingerprint density at radius 2 is 1.96 bits per heavy atom. The molecule has 1 aromatic heterocycles. The normalized spacial score (nSPS) is 18.5. The van der Waals surface area contributed by atoms with Gasteiger partial charge in [0.25, 0.3) is 5.69 Å². The van der Waals surface area contributed by atoms with Gasteiger partial charge in [-0.15, -0.1) is 0 Å². The molecule has 3 rings (SSSR count). The third-order valence-electron chi connectivity index (χ3n) is 4.01. The van der Waals surface area contributed by atoms with Crippen molar-refractivity contribution >= 4 is 23.6 Å². The number of non-ortho nitro benzene ring substituents is 1. The molecule has 0 N–H and O–H groups in total. The Morgan fingerprint density at radius 1 is 1.23 bits per heavy atom. The summed E-state index contributed by atoms with van der Waals surface area (Å²) >= 11 is 0. The van der Waals surface area contributed by atoms with Gasteiger partial charge in [0.1, 0.15) is 5.82 Å². The number of nitro benzene ring substituents is 1. The van der Waals surface area contributed by atoms with Crippen molar-refractivity contribution in [3.05, 3.63) is 80.9 Å². The molecule has 0 radical (unpaired) electrons. The molecule has 2 heterocycles. The second-order valence-electron chi connectivity index (χ2n) is 6.09. The standard InChI is InChI=1S/C19H16FN3O3/c1-22-11-15(7-13-3-2-6-21-10-13)19(24)16(12-22)8-14-9-17(23(25)26)4-5-18(14)20/h2-10H,11-12H2,1H3/b15-7+,16-8+. The minimum atomic E-state index is -0.609. The van der Waals surface area contributed by atoms with Crippen molar-refractivity contribution < 1.29 is 14.1 Å². The summed E-state index contributed by atoms with van der Waals surface area (Å²) in [5.74, 6) is -0.806.